The van der Waals surface area contributed by atoms with Crippen LogP contribution in [-0.4, -0.2) is 4.98 Å². The molecule has 0 aliphatic carbocycles. The van der Waals surface area contributed by atoms with E-state index in [-0.39, 0.29) is 0 Å². The number of benzene rings is 2. The second kappa shape index (κ2) is 4.90. The van der Waals surface area contributed by atoms with Crippen LogP contribution in [0.15, 0.2) is 54.7 Å². The highest BCUT2D eigenvalue weighted by atomic mass is 14.9. The van der Waals surface area contributed by atoms with E-state index in [0.717, 1.165) is 22.3 Å². The number of rotatable bonds is 2. The van der Waals surface area contributed by atoms with Gasteiger partial charge >= 0.3 is 0 Å². The van der Waals surface area contributed by atoms with Crippen LogP contribution in [0, 0.1) is 11.3 Å². The number of hydrogen-bond acceptors (Lipinski definition) is 4. The average molecular weight is 260 g/mol. The van der Waals surface area contributed by atoms with Gasteiger partial charge in [-0.15, -0.1) is 0 Å². The van der Waals surface area contributed by atoms with Crippen LogP contribution < -0.4 is 11.1 Å². The lowest BCUT2D eigenvalue weighted by atomic mass is 10.1. The van der Waals surface area contributed by atoms with E-state index in [1.54, 1.807) is 18.3 Å². The Balaban J connectivity index is 1.93. The number of nitrogen functional groups attached to an aromatic ring is 1. The first kappa shape index (κ1) is 12.0. The summed E-state index contributed by atoms with van der Waals surface area (Å²) in [6, 6.07) is 17.2. The molecule has 4 nitrogen and oxygen atoms in total. The molecule has 3 rings (SSSR count). The maximum Gasteiger partial charge on any atom is 0.101 e. The molecule has 1 heterocycles. The SMILES string of the molecule is N#Cc1ccc(Nc2ccc3ncccc3c2)cc1N. The molecule has 0 spiro atoms. The van der Waals surface area contributed by atoms with Gasteiger partial charge in [0.25, 0.3) is 0 Å². The zero-order valence-corrected chi connectivity index (χ0v) is 10.7. The Morgan fingerprint density at radius 2 is 1.85 bits per heavy atom. The second-order valence-corrected chi connectivity index (χ2v) is 4.45. The zero-order chi connectivity index (χ0) is 13.9. The maximum atomic E-state index is 8.86. The molecule has 20 heavy (non-hydrogen) atoms. The molecule has 0 saturated carbocycles. The third kappa shape index (κ3) is 2.25. The summed E-state index contributed by atoms with van der Waals surface area (Å²) in [6.07, 6.45) is 1.77. The van der Waals surface area contributed by atoms with E-state index in [0.29, 0.717) is 11.3 Å². The number of pyridine rings is 1. The van der Waals surface area contributed by atoms with E-state index in [1.165, 1.54) is 0 Å². The minimum Gasteiger partial charge on any atom is -0.398 e. The fourth-order valence-corrected chi connectivity index (χ4v) is 2.06. The average Bonchev–Trinajstić information content (AvgIpc) is 2.47. The Kier molecular flexibility index (Phi) is 2.94. The maximum absolute atomic E-state index is 8.86. The molecular formula is C16H12N4. The third-order valence-electron chi connectivity index (χ3n) is 3.06. The van der Waals surface area contributed by atoms with Gasteiger partial charge in [-0.25, -0.2) is 0 Å². The van der Waals surface area contributed by atoms with Gasteiger partial charge < -0.3 is 11.1 Å². The summed E-state index contributed by atoms with van der Waals surface area (Å²) in [5.74, 6) is 0. The highest BCUT2D eigenvalue weighted by molar-refractivity contribution is 5.83. The number of aromatic nitrogens is 1. The van der Waals surface area contributed by atoms with Crippen molar-refractivity contribution in [2.45, 2.75) is 0 Å². The van der Waals surface area contributed by atoms with Crippen LogP contribution in [0.2, 0.25) is 0 Å². The van der Waals surface area contributed by atoms with Crippen molar-refractivity contribution in [3.63, 3.8) is 0 Å². The molecule has 3 aromatic rings. The summed E-state index contributed by atoms with van der Waals surface area (Å²) in [6.45, 7) is 0. The van der Waals surface area contributed by atoms with E-state index < -0.39 is 0 Å². The lowest BCUT2D eigenvalue weighted by Gasteiger charge is -2.08. The molecule has 1 aromatic heterocycles. The lowest BCUT2D eigenvalue weighted by Crippen LogP contribution is -1.95. The van der Waals surface area contributed by atoms with Crippen molar-refractivity contribution in [1.82, 2.24) is 4.98 Å². The lowest BCUT2D eigenvalue weighted by molar-refractivity contribution is 1.41. The molecule has 2 aromatic carbocycles. The summed E-state index contributed by atoms with van der Waals surface area (Å²) in [5, 5.41) is 13.2. The van der Waals surface area contributed by atoms with Crippen molar-refractivity contribution in [2.75, 3.05) is 11.1 Å². The van der Waals surface area contributed by atoms with Gasteiger partial charge in [0.15, 0.2) is 0 Å². The van der Waals surface area contributed by atoms with Crippen LogP contribution in [0.1, 0.15) is 5.56 Å². The number of nitrogens with one attached hydrogen (secondary N) is 1. The molecule has 0 fully saturated rings. The smallest absolute Gasteiger partial charge is 0.101 e. The highest BCUT2D eigenvalue weighted by Gasteiger charge is 2.01. The van der Waals surface area contributed by atoms with Gasteiger partial charge in [-0.05, 0) is 42.5 Å². The summed E-state index contributed by atoms with van der Waals surface area (Å²) in [5.41, 5.74) is 9.52. The normalized spacial score (nSPS) is 10.2. The summed E-state index contributed by atoms with van der Waals surface area (Å²) >= 11 is 0. The first-order valence-corrected chi connectivity index (χ1v) is 6.18. The van der Waals surface area contributed by atoms with E-state index >= 15 is 0 Å². The van der Waals surface area contributed by atoms with Gasteiger partial charge in [0, 0.05) is 23.0 Å². The van der Waals surface area contributed by atoms with E-state index in [9.17, 15) is 0 Å². The van der Waals surface area contributed by atoms with Crippen molar-refractivity contribution >= 4 is 28.0 Å². The van der Waals surface area contributed by atoms with Gasteiger partial charge in [0.05, 0.1) is 16.8 Å². The molecule has 0 bridgehead atoms. The predicted molar refractivity (Wildman–Crippen MR) is 80.6 cm³/mol. The monoisotopic (exact) mass is 260 g/mol. The van der Waals surface area contributed by atoms with Crippen LogP contribution in [0.25, 0.3) is 10.9 Å². The number of nitrogens with two attached hydrogens (primary N) is 1. The number of anilines is 3. The molecule has 0 saturated heterocycles. The molecule has 0 radical (unpaired) electrons. The highest BCUT2D eigenvalue weighted by Crippen LogP contribution is 2.23. The Bertz CT molecular complexity index is 818. The first-order chi connectivity index (χ1) is 9.76. The first-order valence-electron chi connectivity index (χ1n) is 6.18. The Hall–Kier alpha value is -3.06. The van der Waals surface area contributed by atoms with E-state index in [1.807, 2.05) is 42.5 Å². The largest absolute Gasteiger partial charge is 0.398 e. The molecule has 3 N–H and O–H groups in total. The van der Waals surface area contributed by atoms with Crippen molar-refractivity contribution in [2.24, 2.45) is 0 Å². The van der Waals surface area contributed by atoms with Gasteiger partial charge in [0.1, 0.15) is 6.07 Å². The fraction of sp³-hybridized carbons (Fsp3) is 0. The predicted octanol–water partition coefficient (Wildman–Crippen LogP) is 3.43. The van der Waals surface area contributed by atoms with Crippen molar-refractivity contribution < 1.29 is 0 Å². The number of nitriles is 1. The Labute approximate surface area is 116 Å². The van der Waals surface area contributed by atoms with E-state index in [2.05, 4.69) is 10.3 Å². The molecule has 0 atom stereocenters. The molecule has 0 unspecified atom stereocenters. The molecule has 0 amide bonds. The third-order valence-corrected chi connectivity index (χ3v) is 3.06. The van der Waals surface area contributed by atoms with Gasteiger partial charge in [-0.2, -0.15) is 5.26 Å². The standard InChI is InChI=1S/C16H12N4/c17-10-12-3-4-14(9-15(12)18)20-13-5-6-16-11(8-13)2-1-7-19-16/h1-9,20H,18H2. The Morgan fingerprint density at radius 3 is 2.65 bits per heavy atom. The van der Waals surface area contributed by atoms with Gasteiger partial charge in [-0.1, -0.05) is 6.07 Å². The number of nitrogens with zero attached hydrogens (tertiary/aromatic N) is 2. The molecule has 4 heteroatoms. The number of hydrogen-bond donors (Lipinski definition) is 2. The molecular weight excluding hydrogens is 248 g/mol. The molecule has 96 valence electrons. The van der Waals surface area contributed by atoms with Crippen molar-refractivity contribution in [1.29, 1.82) is 5.26 Å². The van der Waals surface area contributed by atoms with Crippen LogP contribution >= 0.6 is 0 Å². The Morgan fingerprint density at radius 1 is 1.05 bits per heavy atom. The molecule has 0 aliphatic heterocycles. The van der Waals surface area contributed by atoms with Crippen LogP contribution in [-0.2, 0) is 0 Å². The second-order valence-electron chi connectivity index (χ2n) is 4.45. The summed E-state index contributed by atoms with van der Waals surface area (Å²) in [4.78, 5) is 4.28. The zero-order valence-electron chi connectivity index (χ0n) is 10.7. The van der Waals surface area contributed by atoms with Crippen molar-refractivity contribution in [3.8, 4) is 6.07 Å². The summed E-state index contributed by atoms with van der Waals surface area (Å²) in [7, 11) is 0. The van der Waals surface area contributed by atoms with Crippen LogP contribution in [0.4, 0.5) is 17.1 Å². The minimum absolute atomic E-state index is 0.472. The van der Waals surface area contributed by atoms with Crippen molar-refractivity contribution in [3.05, 3.63) is 60.3 Å². The quantitative estimate of drug-likeness (QED) is 0.692. The minimum atomic E-state index is 0.472. The number of fused-ring (bicyclic) bond motifs is 1. The molecule has 0 aliphatic rings. The van der Waals surface area contributed by atoms with E-state index in [4.69, 9.17) is 11.0 Å². The van der Waals surface area contributed by atoms with Gasteiger partial charge in [0.2, 0.25) is 0 Å². The van der Waals surface area contributed by atoms with Crippen LogP contribution in [0.5, 0.6) is 0 Å². The van der Waals surface area contributed by atoms with Crippen LogP contribution in [0.3, 0.4) is 0 Å². The summed E-state index contributed by atoms with van der Waals surface area (Å²) < 4.78 is 0. The van der Waals surface area contributed by atoms with Gasteiger partial charge in [-0.3, -0.25) is 4.98 Å². The topological polar surface area (TPSA) is 74.7 Å². The fourth-order valence-electron chi connectivity index (χ4n) is 2.06.